The molecule has 0 aromatic heterocycles. The second kappa shape index (κ2) is 6.64. The van der Waals surface area contributed by atoms with Gasteiger partial charge in [-0.25, -0.2) is 4.31 Å². The first-order valence-corrected chi connectivity index (χ1v) is 6.21. The zero-order valence-electron chi connectivity index (χ0n) is 8.43. The van der Waals surface area contributed by atoms with Crippen LogP contribution >= 0.6 is 36.0 Å². The molecular weight excluding hydrogens is 249 g/mol. The molecule has 1 aromatic carbocycles. The highest BCUT2D eigenvalue weighted by molar-refractivity contribution is 7.98. The number of halogens is 2. The van der Waals surface area contributed by atoms with E-state index in [2.05, 4.69) is 34.6 Å². The summed E-state index contributed by atoms with van der Waals surface area (Å²) in [6.45, 7) is 2.16. The fourth-order valence-corrected chi connectivity index (χ4v) is 3.14. The van der Waals surface area contributed by atoms with Crippen LogP contribution in [0.3, 0.4) is 0 Å². The fourth-order valence-electron chi connectivity index (χ4n) is 1.60. The molecule has 15 heavy (non-hydrogen) atoms. The van der Waals surface area contributed by atoms with Crippen molar-refractivity contribution in [3.8, 4) is 0 Å². The molecule has 1 aliphatic heterocycles. The van der Waals surface area contributed by atoms with Gasteiger partial charge in [-0.2, -0.15) is 0 Å². The Morgan fingerprint density at radius 3 is 2.73 bits per heavy atom. The van der Waals surface area contributed by atoms with E-state index in [1.807, 2.05) is 0 Å². The molecule has 1 saturated heterocycles. The number of benzene rings is 1. The van der Waals surface area contributed by atoms with Gasteiger partial charge in [-0.1, -0.05) is 42.3 Å². The Labute approximate surface area is 107 Å². The largest absolute Gasteiger partial charge is 0.245 e. The van der Waals surface area contributed by atoms with Crippen molar-refractivity contribution in [3.63, 3.8) is 0 Å². The Kier molecular flexibility index (Phi) is 5.83. The topological polar surface area (TPSA) is 3.24 Å². The van der Waals surface area contributed by atoms with Gasteiger partial charge in [-0.05, 0) is 18.4 Å². The molecule has 1 aromatic rings. The highest BCUT2D eigenvalue weighted by Gasteiger charge is 2.18. The maximum Gasteiger partial charge on any atom is 0.0936 e. The quantitative estimate of drug-likeness (QED) is 0.588. The van der Waals surface area contributed by atoms with Crippen LogP contribution in [0, 0.1) is 0 Å². The van der Waals surface area contributed by atoms with Crippen LogP contribution in [0.15, 0.2) is 30.3 Å². The van der Waals surface area contributed by atoms with Gasteiger partial charge in [-0.15, -0.1) is 24.0 Å². The minimum Gasteiger partial charge on any atom is -0.245 e. The van der Waals surface area contributed by atoms with E-state index in [9.17, 15) is 0 Å². The molecule has 0 N–H and O–H groups in total. The summed E-state index contributed by atoms with van der Waals surface area (Å²) in [6, 6.07) is 10.6. The average Bonchev–Trinajstić information content (AvgIpc) is 2.19. The Morgan fingerprint density at radius 2 is 2.07 bits per heavy atom. The van der Waals surface area contributed by atoms with Crippen LogP contribution in [0.5, 0.6) is 0 Å². The molecule has 4 heteroatoms. The van der Waals surface area contributed by atoms with Gasteiger partial charge in [0, 0.05) is 13.1 Å². The van der Waals surface area contributed by atoms with E-state index in [1.165, 1.54) is 12.0 Å². The monoisotopic (exact) mass is 263 g/mol. The molecule has 1 unspecified atom stereocenters. The lowest BCUT2D eigenvalue weighted by atomic mass is 10.2. The zero-order chi connectivity index (χ0) is 9.80. The van der Waals surface area contributed by atoms with Crippen LogP contribution in [0.2, 0.25) is 0 Å². The maximum atomic E-state index is 6.10. The molecule has 0 aliphatic carbocycles. The first kappa shape index (κ1) is 13.2. The van der Waals surface area contributed by atoms with Gasteiger partial charge < -0.3 is 0 Å². The van der Waals surface area contributed by atoms with Crippen molar-refractivity contribution >= 4 is 36.0 Å². The zero-order valence-corrected chi connectivity index (χ0v) is 10.8. The number of hydrogen-bond acceptors (Lipinski definition) is 2. The standard InChI is InChI=1S/C11H14ClNS.ClH/c12-11-7-4-8-13(14-11)9-10-5-2-1-3-6-10;/h1-3,5-6,11H,4,7-9H2;1H. The third-order valence-electron chi connectivity index (χ3n) is 2.30. The number of hydrogen-bond donors (Lipinski definition) is 0. The van der Waals surface area contributed by atoms with Crippen LogP contribution in [0.4, 0.5) is 0 Å². The SMILES string of the molecule is Cl.ClC1CCCN(Cc2ccccc2)S1. The van der Waals surface area contributed by atoms with E-state index in [1.54, 1.807) is 11.9 Å². The molecule has 1 atom stereocenters. The minimum absolute atomic E-state index is 0. The lowest BCUT2D eigenvalue weighted by Crippen LogP contribution is -2.24. The summed E-state index contributed by atoms with van der Waals surface area (Å²) >= 11 is 7.88. The first-order chi connectivity index (χ1) is 6.84. The molecule has 1 nitrogen and oxygen atoms in total. The van der Waals surface area contributed by atoms with Crippen LogP contribution in [0.25, 0.3) is 0 Å². The van der Waals surface area contributed by atoms with Gasteiger partial charge in [0.2, 0.25) is 0 Å². The van der Waals surface area contributed by atoms with Crippen molar-refractivity contribution in [2.24, 2.45) is 0 Å². The maximum absolute atomic E-state index is 6.10. The molecule has 0 radical (unpaired) electrons. The lowest BCUT2D eigenvalue weighted by Gasteiger charge is -2.28. The number of rotatable bonds is 2. The third-order valence-corrected chi connectivity index (χ3v) is 3.84. The smallest absolute Gasteiger partial charge is 0.0936 e. The Bertz CT molecular complexity index is 281. The summed E-state index contributed by atoms with van der Waals surface area (Å²) in [4.78, 5) is 0. The van der Waals surface area contributed by atoms with E-state index >= 15 is 0 Å². The third kappa shape index (κ3) is 4.23. The average molecular weight is 264 g/mol. The molecule has 1 heterocycles. The van der Waals surface area contributed by atoms with E-state index in [-0.39, 0.29) is 17.1 Å². The second-order valence-electron chi connectivity index (χ2n) is 3.51. The summed E-state index contributed by atoms with van der Waals surface area (Å²) in [5.74, 6) is 0. The molecular formula is C11H15Cl2NS. The van der Waals surface area contributed by atoms with Crippen molar-refractivity contribution in [1.82, 2.24) is 4.31 Å². The lowest BCUT2D eigenvalue weighted by molar-refractivity contribution is 0.432. The summed E-state index contributed by atoms with van der Waals surface area (Å²) in [5, 5.41) is 0. The Morgan fingerprint density at radius 1 is 1.33 bits per heavy atom. The molecule has 0 saturated carbocycles. The van der Waals surface area contributed by atoms with Gasteiger partial charge in [-0.3, -0.25) is 0 Å². The highest BCUT2D eigenvalue weighted by Crippen LogP contribution is 2.31. The summed E-state index contributed by atoms with van der Waals surface area (Å²) in [7, 11) is 0. The van der Waals surface area contributed by atoms with Crippen LogP contribution in [0.1, 0.15) is 18.4 Å². The Hall–Kier alpha value is 0.110. The van der Waals surface area contributed by atoms with Crippen molar-refractivity contribution in [2.75, 3.05) is 6.54 Å². The van der Waals surface area contributed by atoms with E-state index < -0.39 is 0 Å². The van der Waals surface area contributed by atoms with Gasteiger partial charge in [0.25, 0.3) is 0 Å². The van der Waals surface area contributed by atoms with Gasteiger partial charge >= 0.3 is 0 Å². The highest BCUT2D eigenvalue weighted by atomic mass is 35.5. The van der Waals surface area contributed by atoms with E-state index in [0.717, 1.165) is 19.5 Å². The molecule has 0 bridgehead atoms. The van der Waals surface area contributed by atoms with Crippen LogP contribution in [-0.2, 0) is 6.54 Å². The fraction of sp³-hybridized carbons (Fsp3) is 0.455. The molecule has 1 fully saturated rings. The van der Waals surface area contributed by atoms with Crippen molar-refractivity contribution in [2.45, 2.75) is 24.1 Å². The minimum atomic E-state index is 0. The van der Waals surface area contributed by atoms with Crippen molar-refractivity contribution in [3.05, 3.63) is 35.9 Å². The van der Waals surface area contributed by atoms with Crippen LogP contribution in [-0.4, -0.2) is 15.6 Å². The molecule has 0 amide bonds. The predicted octanol–water partition coefficient (Wildman–Crippen LogP) is 3.92. The van der Waals surface area contributed by atoms with Gasteiger partial charge in [0.05, 0.1) is 4.71 Å². The van der Waals surface area contributed by atoms with Crippen LogP contribution < -0.4 is 0 Å². The number of alkyl halides is 1. The van der Waals surface area contributed by atoms with Gasteiger partial charge in [0.1, 0.15) is 0 Å². The molecule has 2 rings (SSSR count). The summed E-state index contributed by atoms with van der Waals surface area (Å²) in [5.41, 5.74) is 1.37. The normalized spacial score (nSPS) is 22.1. The van der Waals surface area contributed by atoms with Crippen molar-refractivity contribution < 1.29 is 0 Å². The second-order valence-corrected chi connectivity index (χ2v) is 5.59. The van der Waals surface area contributed by atoms with E-state index in [0.29, 0.717) is 0 Å². The first-order valence-electron chi connectivity index (χ1n) is 4.94. The van der Waals surface area contributed by atoms with Crippen molar-refractivity contribution in [1.29, 1.82) is 0 Å². The summed E-state index contributed by atoms with van der Waals surface area (Å²) in [6.07, 6.45) is 2.35. The summed E-state index contributed by atoms with van der Waals surface area (Å²) < 4.78 is 2.63. The predicted molar refractivity (Wildman–Crippen MR) is 70.6 cm³/mol. The Balaban J connectivity index is 0.00000112. The molecule has 1 aliphatic rings. The van der Waals surface area contributed by atoms with E-state index in [4.69, 9.17) is 11.6 Å². The molecule has 84 valence electrons. The number of nitrogens with zero attached hydrogens (tertiary/aromatic N) is 1. The molecule has 0 spiro atoms. The van der Waals surface area contributed by atoms with Gasteiger partial charge in [0.15, 0.2) is 0 Å².